The van der Waals surface area contributed by atoms with Crippen molar-refractivity contribution in [2.75, 3.05) is 26.7 Å². The van der Waals surface area contributed by atoms with E-state index in [-0.39, 0.29) is 37.3 Å². The molecule has 1 aliphatic carbocycles. The minimum atomic E-state index is -1.39. The number of methoxy groups -OCH3 is 1. The van der Waals surface area contributed by atoms with Crippen LogP contribution in [0.1, 0.15) is 44.9 Å². The number of ether oxygens (including phenoxy) is 2. The van der Waals surface area contributed by atoms with Gasteiger partial charge in [0.1, 0.15) is 23.3 Å². The molecule has 0 bridgehead atoms. The Balaban J connectivity index is 1.61. The fourth-order valence-corrected chi connectivity index (χ4v) is 4.50. The van der Waals surface area contributed by atoms with Gasteiger partial charge in [0.05, 0.1) is 6.10 Å². The first-order chi connectivity index (χ1) is 18.2. The second kappa shape index (κ2) is 11.2. The Hall–Kier alpha value is -3.99. The van der Waals surface area contributed by atoms with E-state index in [0.717, 1.165) is 5.57 Å². The molecule has 0 saturated carbocycles. The first-order valence-corrected chi connectivity index (χ1v) is 12.5. The molecule has 0 radical (unpaired) electrons. The van der Waals surface area contributed by atoms with Gasteiger partial charge < -0.3 is 24.1 Å². The second-order valence-electron chi connectivity index (χ2n) is 9.51. The molecule has 2 aromatic rings. The van der Waals surface area contributed by atoms with E-state index >= 15 is 0 Å². The number of hydrogen-bond acceptors (Lipinski definition) is 8. The van der Waals surface area contributed by atoms with Crippen molar-refractivity contribution in [2.24, 2.45) is 0 Å². The van der Waals surface area contributed by atoms with Gasteiger partial charge in [-0.05, 0) is 25.5 Å². The van der Waals surface area contributed by atoms with Crippen LogP contribution in [0.4, 0.5) is 4.79 Å². The Kier molecular flexibility index (Phi) is 7.96. The number of nitrogens with zero attached hydrogens (tertiary/aromatic N) is 2. The molecule has 0 spiro atoms. The number of alkyl carbamates (subject to hydrolysis) is 1. The normalized spacial score (nSPS) is 18.4. The number of imide groups is 1. The molecule has 2 N–H and O–H groups in total. The van der Waals surface area contributed by atoms with Crippen LogP contribution in [0.5, 0.6) is 0 Å². The van der Waals surface area contributed by atoms with Gasteiger partial charge in [-0.25, -0.2) is 4.79 Å². The van der Waals surface area contributed by atoms with Crippen LogP contribution in [0, 0.1) is 0 Å². The fraction of sp³-hybridized carbons (Fsp3) is 0.444. The van der Waals surface area contributed by atoms with Gasteiger partial charge >= 0.3 is 6.09 Å². The van der Waals surface area contributed by atoms with Gasteiger partial charge in [-0.2, -0.15) is 0 Å². The molecular formula is C27H32N4O7. The highest BCUT2D eigenvalue weighted by molar-refractivity contribution is 6.02. The molecule has 1 aliphatic heterocycles. The van der Waals surface area contributed by atoms with Gasteiger partial charge in [0.2, 0.25) is 11.8 Å². The Morgan fingerprint density at radius 3 is 2.76 bits per heavy atom. The second-order valence-corrected chi connectivity index (χ2v) is 9.51. The topological polar surface area (TPSA) is 140 Å². The molecule has 2 unspecified atom stereocenters. The Morgan fingerprint density at radius 2 is 2.05 bits per heavy atom. The minimum Gasteiger partial charge on any atom is -0.458 e. The monoisotopic (exact) mass is 524 g/mol. The van der Waals surface area contributed by atoms with E-state index in [4.69, 9.17) is 13.9 Å². The maximum Gasteiger partial charge on any atom is 0.407 e. The average Bonchev–Trinajstić information content (AvgIpc) is 3.48. The van der Waals surface area contributed by atoms with Crippen LogP contribution in [-0.4, -0.2) is 66.5 Å². The summed E-state index contributed by atoms with van der Waals surface area (Å²) in [7, 11) is 1.59. The highest BCUT2D eigenvalue weighted by Gasteiger charge is 2.44. The zero-order chi connectivity index (χ0) is 27.4. The molecule has 3 heterocycles. The Morgan fingerprint density at radius 1 is 1.26 bits per heavy atom. The molecular weight excluding hydrogens is 492 g/mol. The predicted molar refractivity (Wildman–Crippen MR) is 137 cm³/mol. The highest BCUT2D eigenvalue weighted by Crippen LogP contribution is 2.35. The number of pyridine rings is 1. The van der Waals surface area contributed by atoms with Crippen molar-refractivity contribution in [3.63, 3.8) is 0 Å². The quantitative estimate of drug-likeness (QED) is 0.510. The standard InChI is InChI=1S/C27H32N4O7/c1-5-23(32)30-25(34)27(3,15-31-13-17-7-8-18(36-4)10-19(17)24(31)33)22-11-20-21(38-22)9-16(12-29-20)14-37-26(35)28-6-2/h7-9,11-12,18H,5-6,10,13-15H2,1-4H3,(H,28,35)(H,30,32,34). The maximum absolute atomic E-state index is 13.5. The maximum atomic E-state index is 13.5. The van der Waals surface area contributed by atoms with Crippen LogP contribution >= 0.6 is 0 Å². The third kappa shape index (κ3) is 5.47. The van der Waals surface area contributed by atoms with Crippen LogP contribution in [0.15, 0.2) is 46.0 Å². The van der Waals surface area contributed by atoms with Crippen LogP contribution < -0.4 is 10.6 Å². The van der Waals surface area contributed by atoms with Crippen molar-refractivity contribution < 1.29 is 33.1 Å². The largest absolute Gasteiger partial charge is 0.458 e. The summed E-state index contributed by atoms with van der Waals surface area (Å²) in [4.78, 5) is 56.5. The lowest BCUT2D eigenvalue weighted by molar-refractivity contribution is -0.135. The summed E-state index contributed by atoms with van der Waals surface area (Å²) in [5.74, 6) is -0.931. The SMILES string of the molecule is CCNC(=O)OCc1cnc2cc(C(C)(CN3CC4=C(CC(OC)C=C4)C3=O)C(=O)NC(=O)CC)oc2c1. The van der Waals surface area contributed by atoms with Gasteiger partial charge in [0.15, 0.2) is 5.58 Å². The summed E-state index contributed by atoms with van der Waals surface area (Å²) < 4.78 is 16.6. The zero-order valence-electron chi connectivity index (χ0n) is 22.0. The zero-order valence-corrected chi connectivity index (χ0v) is 22.0. The molecule has 0 fully saturated rings. The van der Waals surface area contributed by atoms with E-state index in [0.29, 0.717) is 41.7 Å². The number of carbonyl (C=O) groups excluding carboxylic acids is 4. The van der Waals surface area contributed by atoms with E-state index in [1.54, 1.807) is 51.1 Å². The average molecular weight is 525 g/mol. The number of nitrogens with one attached hydrogen (secondary N) is 2. The van der Waals surface area contributed by atoms with E-state index in [1.807, 2.05) is 12.2 Å². The Labute approximate surface area is 220 Å². The van der Waals surface area contributed by atoms with E-state index in [1.165, 1.54) is 0 Å². The van der Waals surface area contributed by atoms with Gasteiger partial charge in [0.25, 0.3) is 5.91 Å². The van der Waals surface area contributed by atoms with Crippen molar-refractivity contribution >= 4 is 34.9 Å². The molecule has 0 saturated heterocycles. The first kappa shape index (κ1) is 27.1. The third-order valence-electron chi connectivity index (χ3n) is 6.76. The molecule has 38 heavy (non-hydrogen) atoms. The summed E-state index contributed by atoms with van der Waals surface area (Å²) in [6, 6.07) is 3.31. The molecule has 4 rings (SSSR count). The molecule has 0 aromatic carbocycles. The van der Waals surface area contributed by atoms with Crippen LogP contribution in [0.25, 0.3) is 11.1 Å². The van der Waals surface area contributed by atoms with Crippen molar-refractivity contribution in [3.05, 3.63) is 53.0 Å². The number of fused-ring (bicyclic) bond motifs is 1. The van der Waals surface area contributed by atoms with Gasteiger partial charge in [-0.15, -0.1) is 0 Å². The minimum absolute atomic E-state index is 0.0109. The lowest BCUT2D eigenvalue weighted by Gasteiger charge is -2.31. The summed E-state index contributed by atoms with van der Waals surface area (Å²) in [6.45, 7) is 5.83. The van der Waals surface area contributed by atoms with Crippen LogP contribution in [-0.2, 0) is 35.9 Å². The molecule has 11 heteroatoms. The number of amides is 4. The first-order valence-electron chi connectivity index (χ1n) is 12.5. The summed E-state index contributed by atoms with van der Waals surface area (Å²) in [5, 5.41) is 4.98. The summed E-state index contributed by atoms with van der Waals surface area (Å²) in [5.41, 5.74) is 1.63. The third-order valence-corrected chi connectivity index (χ3v) is 6.76. The molecule has 4 amide bonds. The number of carbonyl (C=O) groups is 4. The van der Waals surface area contributed by atoms with Crippen LogP contribution in [0.3, 0.4) is 0 Å². The van der Waals surface area contributed by atoms with Crippen molar-refractivity contribution in [3.8, 4) is 0 Å². The van der Waals surface area contributed by atoms with Crippen molar-refractivity contribution in [2.45, 2.75) is 51.7 Å². The lowest BCUT2D eigenvalue weighted by Crippen LogP contribution is -2.51. The van der Waals surface area contributed by atoms with E-state index in [9.17, 15) is 19.2 Å². The van der Waals surface area contributed by atoms with Crippen molar-refractivity contribution in [1.82, 2.24) is 20.5 Å². The van der Waals surface area contributed by atoms with Gasteiger partial charge in [0, 0.05) is 63.0 Å². The predicted octanol–water partition coefficient (Wildman–Crippen LogP) is 2.50. The molecule has 11 nitrogen and oxygen atoms in total. The molecule has 2 atom stereocenters. The fourth-order valence-electron chi connectivity index (χ4n) is 4.50. The highest BCUT2D eigenvalue weighted by atomic mass is 16.5. The number of hydrogen-bond donors (Lipinski definition) is 2. The summed E-state index contributed by atoms with van der Waals surface area (Å²) in [6.07, 6.45) is 5.22. The van der Waals surface area contributed by atoms with Crippen LogP contribution in [0.2, 0.25) is 0 Å². The van der Waals surface area contributed by atoms with Crippen molar-refractivity contribution in [1.29, 1.82) is 0 Å². The smallest absolute Gasteiger partial charge is 0.407 e. The number of furan rings is 1. The van der Waals surface area contributed by atoms with Gasteiger partial charge in [-0.1, -0.05) is 19.1 Å². The van der Waals surface area contributed by atoms with E-state index < -0.39 is 23.3 Å². The molecule has 202 valence electrons. The Bertz CT molecular complexity index is 1330. The lowest BCUT2D eigenvalue weighted by atomic mass is 9.85. The number of rotatable bonds is 9. The molecule has 2 aliphatic rings. The molecule has 2 aromatic heterocycles. The van der Waals surface area contributed by atoms with E-state index in [2.05, 4.69) is 15.6 Å². The number of aromatic nitrogens is 1. The van der Waals surface area contributed by atoms with Gasteiger partial charge in [-0.3, -0.25) is 24.7 Å². The summed E-state index contributed by atoms with van der Waals surface area (Å²) >= 11 is 0.